The molecule has 0 aromatic heterocycles. The highest BCUT2D eigenvalue weighted by Crippen LogP contribution is 2.33. The molecule has 1 N–H and O–H groups in total. The average Bonchev–Trinajstić information content (AvgIpc) is 2.26. The Morgan fingerprint density at radius 2 is 2.00 bits per heavy atom. The van der Waals surface area contributed by atoms with E-state index in [9.17, 15) is 13.2 Å². The summed E-state index contributed by atoms with van der Waals surface area (Å²) in [6.07, 6.45) is 1.24. The van der Waals surface area contributed by atoms with Crippen molar-refractivity contribution in [2.24, 2.45) is 0 Å². The van der Waals surface area contributed by atoms with E-state index in [2.05, 4.69) is 6.58 Å². The molecular formula is C11H10Cl2O4S. The van der Waals surface area contributed by atoms with Crippen molar-refractivity contribution in [1.29, 1.82) is 0 Å². The first-order chi connectivity index (χ1) is 8.23. The van der Waals surface area contributed by atoms with E-state index >= 15 is 0 Å². The predicted octanol–water partition coefficient (Wildman–Crippen LogP) is 3.04. The van der Waals surface area contributed by atoms with Crippen LogP contribution in [0.15, 0.2) is 29.7 Å². The van der Waals surface area contributed by atoms with Gasteiger partial charge in [0, 0.05) is 0 Å². The summed E-state index contributed by atoms with van der Waals surface area (Å²) in [5, 5.41) is 7.57. The summed E-state index contributed by atoms with van der Waals surface area (Å²) in [6.45, 7) is 4.82. The number of sulfone groups is 1. The van der Waals surface area contributed by atoms with Crippen LogP contribution < -0.4 is 0 Å². The van der Waals surface area contributed by atoms with Crippen LogP contribution in [0.3, 0.4) is 0 Å². The molecule has 1 atom stereocenters. The molecule has 0 heterocycles. The molecule has 0 spiro atoms. The maximum absolute atomic E-state index is 12.1. The van der Waals surface area contributed by atoms with E-state index in [1.807, 2.05) is 0 Å². The SMILES string of the molecule is C=CC(C)S(=O)(=O)c1ccc(Cl)c(C(=O)O)c1Cl. The Morgan fingerprint density at radius 1 is 1.44 bits per heavy atom. The summed E-state index contributed by atoms with van der Waals surface area (Å²) in [6, 6.07) is 2.38. The molecule has 0 aliphatic rings. The second-order valence-corrected chi connectivity index (χ2v) is 6.58. The first-order valence-electron chi connectivity index (χ1n) is 4.81. The van der Waals surface area contributed by atoms with Gasteiger partial charge >= 0.3 is 5.97 Å². The highest BCUT2D eigenvalue weighted by molar-refractivity contribution is 7.92. The third-order valence-corrected chi connectivity index (χ3v) is 5.34. The number of halogens is 2. The number of benzene rings is 1. The minimum atomic E-state index is -3.76. The summed E-state index contributed by atoms with van der Waals surface area (Å²) < 4.78 is 24.2. The number of hydrogen-bond acceptors (Lipinski definition) is 3. The molecule has 1 aromatic carbocycles. The molecule has 98 valence electrons. The van der Waals surface area contributed by atoms with Gasteiger partial charge in [0.25, 0.3) is 0 Å². The van der Waals surface area contributed by atoms with Gasteiger partial charge in [0.2, 0.25) is 0 Å². The Morgan fingerprint density at radius 3 is 2.44 bits per heavy atom. The summed E-state index contributed by atoms with van der Waals surface area (Å²) in [7, 11) is -3.76. The second kappa shape index (κ2) is 5.30. The Balaban J connectivity index is 3.60. The Bertz CT molecular complexity index is 608. The molecular weight excluding hydrogens is 299 g/mol. The fourth-order valence-electron chi connectivity index (χ4n) is 1.28. The average molecular weight is 309 g/mol. The molecule has 7 heteroatoms. The first-order valence-corrected chi connectivity index (χ1v) is 7.11. The van der Waals surface area contributed by atoms with E-state index in [1.54, 1.807) is 0 Å². The van der Waals surface area contributed by atoms with E-state index in [0.29, 0.717) is 0 Å². The minimum Gasteiger partial charge on any atom is -0.478 e. The third kappa shape index (κ3) is 2.53. The molecule has 0 amide bonds. The Kier molecular flexibility index (Phi) is 4.42. The zero-order chi connectivity index (χ0) is 14.1. The second-order valence-electron chi connectivity index (χ2n) is 3.53. The molecule has 0 aliphatic carbocycles. The number of carbonyl (C=O) groups is 1. The predicted molar refractivity (Wildman–Crippen MR) is 70.3 cm³/mol. The van der Waals surface area contributed by atoms with Crippen LogP contribution in [0, 0.1) is 0 Å². The standard InChI is InChI=1S/C11H10Cl2O4S/c1-3-6(2)18(16,17)8-5-4-7(12)9(10(8)13)11(14)15/h3-6H,1H2,2H3,(H,14,15). The highest BCUT2D eigenvalue weighted by atomic mass is 35.5. The topological polar surface area (TPSA) is 71.4 Å². The van der Waals surface area contributed by atoms with Crippen LogP contribution in [-0.4, -0.2) is 24.7 Å². The number of carboxylic acids is 1. The molecule has 1 rings (SSSR count). The molecule has 1 aromatic rings. The normalized spacial score (nSPS) is 13.1. The van der Waals surface area contributed by atoms with Crippen molar-refractivity contribution in [3.05, 3.63) is 40.4 Å². The van der Waals surface area contributed by atoms with E-state index in [4.69, 9.17) is 28.3 Å². The Hall–Kier alpha value is -1.04. The maximum Gasteiger partial charge on any atom is 0.338 e. The first kappa shape index (κ1) is 15.0. The fourth-order valence-corrected chi connectivity index (χ4v) is 3.39. The van der Waals surface area contributed by atoms with E-state index < -0.39 is 26.6 Å². The third-order valence-electron chi connectivity index (χ3n) is 2.40. The molecule has 0 aliphatic heterocycles. The van der Waals surface area contributed by atoms with Crippen molar-refractivity contribution in [1.82, 2.24) is 0 Å². The Labute approximate surface area is 115 Å². The molecule has 0 saturated carbocycles. The lowest BCUT2D eigenvalue weighted by atomic mass is 10.2. The van der Waals surface area contributed by atoms with Crippen LogP contribution in [0.1, 0.15) is 17.3 Å². The van der Waals surface area contributed by atoms with Gasteiger partial charge in [0.15, 0.2) is 9.84 Å². The van der Waals surface area contributed by atoms with Gasteiger partial charge in [0.1, 0.15) is 0 Å². The quantitative estimate of drug-likeness (QED) is 0.868. The van der Waals surface area contributed by atoms with Gasteiger partial charge in [0.05, 0.1) is 25.8 Å². The van der Waals surface area contributed by atoms with E-state index in [0.717, 1.165) is 0 Å². The lowest BCUT2D eigenvalue weighted by Gasteiger charge is -2.12. The van der Waals surface area contributed by atoms with Crippen molar-refractivity contribution in [3.8, 4) is 0 Å². The summed E-state index contributed by atoms with van der Waals surface area (Å²) >= 11 is 11.5. The highest BCUT2D eigenvalue weighted by Gasteiger charge is 2.27. The van der Waals surface area contributed by atoms with Crippen LogP contribution in [0.25, 0.3) is 0 Å². The fraction of sp³-hybridized carbons (Fsp3) is 0.182. The van der Waals surface area contributed by atoms with Crippen LogP contribution in [0.4, 0.5) is 0 Å². The molecule has 0 saturated heterocycles. The van der Waals surface area contributed by atoms with Crippen LogP contribution in [-0.2, 0) is 9.84 Å². The lowest BCUT2D eigenvalue weighted by Crippen LogP contribution is -2.16. The van der Waals surface area contributed by atoms with Gasteiger partial charge in [-0.2, -0.15) is 0 Å². The van der Waals surface area contributed by atoms with E-state index in [1.165, 1.54) is 25.1 Å². The number of carboxylic acid groups (broad SMARTS) is 1. The zero-order valence-electron chi connectivity index (χ0n) is 9.35. The summed E-state index contributed by atoms with van der Waals surface area (Å²) in [4.78, 5) is 10.7. The molecule has 0 radical (unpaired) electrons. The van der Waals surface area contributed by atoms with Gasteiger partial charge in [-0.25, -0.2) is 13.2 Å². The van der Waals surface area contributed by atoms with Crippen molar-refractivity contribution in [2.45, 2.75) is 17.1 Å². The van der Waals surface area contributed by atoms with Gasteiger partial charge in [-0.1, -0.05) is 29.3 Å². The molecule has 4 nitrogen and oxygen atoms in total. The number of rotatable bonds is 4. The molecule has 1 unspecified atom stereocenters. The lowest BCUT2D eigenvalue weighted by molar-refractivity contribution is 0.0697. The smallest absolute Gasteiger partial charge is 0.338 e. The van der Waals surface area contributed by atoms with Crippen LogP contribution in [0.5, 0.6) is 0 Å². The molecule has 18 heavy (non-hydrogen) atoms. The van der Waals surface area contributed by atoms with Crippen molar-refractivity contribution in [3.63, 3.8) is 0 Å². The molecule has 0 bridgehead atoms. The maximum atomic E-state index is 12.1. The van der Waals surface area contributed by atoms with Gasteiger partial charge < -0.3 is 5.11 Å². The van der Waals surface area contributed by atoms with Gasteiger partial charge in [-0.05, 0) is 19.1 Å². The zero-order valence-corrected chi connectivity index (χ0v) is 11.7. The monoisotopic (exact) mass is 308 g/mol. The largest absolute Gasteiger partial charge is 0.478 e. The van der Waals surface area contributed by atoms with Crippen molar-refractivity contribution in [2.75, 3.05) is 0 Å². The van der Waals surface area contributed by atoms with Gasteiger partial charge in [-0.3, -0.25) is 0 Å². The summed E-state index contributed by atoms with van der Waals surface area (Å²) in [5.41, 5.74) is -0.421. The van der Waals surface area contributed by atoms with Crippen LogP contribution in [0.2, 0.25) is 10.0 Å². The molecule has 0 fully saturated rings. The van der Waals surface area contributed by atoms with Crippen LogP contribution >= 0.6 is 23.2 Å². The summed E-state index contributed by atoms with van der Waals surface area (Å²) in [5.74, 6) is -1.38. The van der Waals surface area contributed by atoms with E-state index in [-0.39, 0.29) is 14.9 Å². The number of aromatic carboxylic acids is 1. The van der Waals surface area contributed by atoms with Gasteiger partial charge in [-0.15, -0.1) is 6.58 Å². The number of hydrogen-bond donors (Lipinski definition) is 1. The van der Waals surface area contributed by atoms with Crippen molar-refractivity contribution < 1.29 is 18.3 Å². The minimum absolute atomic E-state index is 0.113. The van der Waals surface area contributed by atoms with Crippen molar-refractivity contribution >= 4 is 39.0 Å².